The quantitative estimate of drug-likeness (QED) is 0.422. The van der Waals surface area contributed by atoms with E-state index in [2.05, 4.69) is 63.4 Å². The SMILES string of the molecule is Brc1ccc2sc3ccccc3c2c1-c1ccccn1. The summed E-state index contributed by atoms with van der Waals surface area (Å²) in [5.74, 6) is 0. The molecule has 0 spiro atoms. The highest BCUT2D eigenvalue weighted by Gasteiger charge is 2.14. The molecule has 0 amide bonds. The Kier molecular flexibility index (Phi) is 2.83. The van der Waals surface area contributed by atoms with Gasteiger partial charge in [0.1, 0.15) is 0 Å². The number of pyridine rings is 1. The van der Waals surface area contributed by atoms with E-state index in [0.29, 0.717) is 0 Å². The second-order valence-corrected chi connectivity index (χ2v) is 6.55. The van der Waals surface area contributed by atoms with Gasteiger partial charge < -0.3 is 0 Å². The number of benzene rings is 2. The minimum absolute atomic E-state index is 1.01. The lowest BCUT2D eigenvalue weighted by atomic mass is 10.0. The molecule has 0 fully saturated rings. The van der Waals surface area contributed by atoms with Gasteiger partial charge in [-0.25, -0.2) is 0 Å². The highest BCUT2D eigenvalue weighted by atomic mass is 79.9. The van der Waals surface area contributed by atoms with Crippen molar-refractivity contribution in [2.75, 3.05) is 0 Å². The van der Waals surface area contributed by atoms with Crippen LogP contribution in [0.5, 0.6) is 0 Å². The molecule has 1 nitrogen and oxygen atoms in total. The van der Waals surface area contributed by atoms with E-state index in [0.717, 1.165) is 10.2 Å². The Hall–Kier alpha value is -1.71. The Bertz CT molecular complexity index is 912. The molecule has 0 saturated heterocycles. The lowest BCUT2D eigenvalue weighted by Gasteiger charge is -2.06. The van der Waals surface area contributed by atoms with Crippen LogP contribution in [-0.4, -0.2) is 4.98 Å². The summed E-state index contributed by atoms with van der Waals surface area (Å²) in [6, 6.07) is 18.9. The molecule has 0 aliphatic rings. The van der Waals surface area contributed by atoms with Crippen LogP contribution in [0.3, 0.4) is 0 Å². The zero-order chi connectivity index (χ0) is 13.5. The van der Waals surface area contributed by atoms with Crippen LogP contribution in [-0.2, 0) is 0 Å². The fourth-order valence-electron chi connectivity index (χ4n) is 2.55. The maximum absolute atomic E-state index is 4.52. The van der Waals surface area contributed by atoms with Crippen LogP contribution in [0, 0.1) is 0 Å². The molecule has 0 aliphatic carbocycles. The molecule has 0 aliphatic heterocycles. The number of halogens is 1. The van der Waals surface area contributed by atoms with Gasteiger partial charge in [0.2, 0.25) is 0 Å². The number of rotatable bonds is 1. The average molecular weight is 340 g/mol. The summed E-state index contributed by atoms with van der Waals surface area (Å²) >= 11 is 5.52. The zero-order valence-corrected chi connectivity index (χ0v) is 12.9. The summed E-state index contributed by atoms with van der Waals surface area (Å²) in [6.07, 6.45) is 1.84. The maximum atomic E-state index is 4.52. The summed E-state index contributed by atoms with van der Waals surface area (Å²) in [5, 5.41) is 2.59. The van der Waals surface area contributed by atoms with E-state index in [1.807, 2.05) is 29.7 Å². The van der Waals surface area contributed by atoms with E-state index in [1.54, 1.807) is 0 Å². The third kappa shape index (κ3) is 1.78. The molecular weight excluding hydrogens is 330 g/mol. The molecule has 0 unspecified atom stereocenters. The second-order valence-electron chi connectivity index (χ2n) is 4.61. The summed E-state index contributed by atoms with van der Waals surface area (Å²) in [4.78, 5) is 4.52. The Morgan fingerprint density at radius 1 is 0.850 bits per heavy atom. The first-order valence-electron chi connectivity index (χ1n) is 6.36. The minimum Gasteiger partial charge on any atom is -0.256 e. The monoisotopic (exact) mass is 339 g/mol. The summed E-state index contributed by atoms with van der Waals surface area (Å²) in [5.41, 5.74) is 2.19. The van der Waals surface area contributed by atoms with Gasteiger partial charge in [-0.15, -0.1) is 11.3 Å². The standard InChI is InChI=1S/C17H10BrNS/c18-12-8-9-15-16(11-5-1-2-7-14(11)20-15)17(12)13-6-3-4-10-19-13/h1-10H. The van der Waals surface area contributed by atoms with Crippen molar-refractivity contribution in [1.29, 1.82) is 0 Å². The first-order chi connectivity index (χ1) is 9.84. The van der Waals surface area contributed by atoms with Crippen molar-refractivity contribution in [1.82, 2.24) is 4.98 Å². The number of nitrogens with zero attached hydrogens (tertiary/aromatic N) is 1. The number of hydrogen-bond acceptors (Lipinski definition) is 2. The highest BCUT2D eigenvalue weighted by molar-refractivity contribution is 9.10. The van der Waals surface area contributed by atoms with Gasteiger partial charge in [-0.1, -0.05) is 40.2 Å². The van der Waals surface area contributed by atoms with Crippen LogP contribution < -0.4 is 0 Å². The lowest BCUT2D eigenvalue weighted by Crippen LogP contribution is -1.85. The highest BCUT2D eigenvalue weighted by Crippen LogP contribution is 2.42. The van der Waals surface area contributed by atoms with E-state index in [-0.39, 0.29) is 0 Å². The predicted molar refractivity (Wildman–Crippen MR) is 90.3 cm³/mol. The third-order valence-electron chi connectivity index (χ3n) is 3.41. The molecular formula is C17H10BrNS. The number of fused-ring (bicyclic) bond motifs is 3. The molecule has 0 radical (unpaired) electrons. The van der Waals surface area contributed by atoms with Crippen molar-refractivity contribution in [3.63, 3.8) is 0 Å². The van der Waals surface area contributed by atoms with Crippen molar-refractivity contribution in [3.05, 3.63) is 65.3 Å². The van der Waals surface area contributed by atoms with Gasteiger partial charge in [0.05, 0.1) is 5.69 Å². The molecule has 0 bridgehead atoms. The molecule has 3 heteroatoms. The predicted octanol–water partition coefficient (Wildman–Crippen LogP) is 5.88. The molecule has 2 heterocycles. The molecule has 0 saturated carbocycles. The average Bonchev–Trinajstić information content (AvgIpc) is 2.87. The molecule has 96 valence electrons. The van der Waals surface area contributed by atoms with Crippen molar-refractivity contribution < 1.29 is 0 Å². The third-order valence-corrected chi connectivity index (χ3v) is 5.21. The molecule has 2 aromatic carbocycles. The van der Waals surface area contributed by atoms with Gasteiger partial charge in [0, 0.05) is 36.4 Å². The van der Waals surface area contributed by atoms with Crippen molar-refractivity contribution >= 4 is 47.4 Å². The van der Waals surface area contributed by atoms with Gasteiger partial charge in [-0.3, -0.25) is 4.98 Å². The molecule has 0 N–H and O–H groups in total. The Morgan fingerprint density at radius 2 is 1.70 bits per heavy atom. The van der Waals surface area contributed by atoms with Crippen LogP contribution in [0.25, 0.3) is 31.4 Å². The van der Waals surface area contributed by atoms with Crippen LogP contribution in [0.2, 0.25) is 0 Å². The Labute approximate surface area is 129 Å². The number of thiophene rings is 1. The number of aromatic nitrogens is 1. The van der Waals surface area contributed by atoms with Gasteiger partial charge in [-0.05, 0) is 30.3 Å². The molecule has 4 aromatic rings. The minimum atomic E-state index is 1.01. The van der Waals surface area contributed by atoms with Crippen molar-refractivity contribution in [2.24, 2.45) is 0 Å². The van der Waals surface area contributed by atoms with E-state index in [9.17, 15) is 0 Å². The van der Waals surface area contributed by atoms with Crippen LogP contribution >= 0.6 is 27.3 Å². The smallest absolute Gasteiger partial charge is 0.0720 e. The summed E-state index contributed by atoms with van der Waals surface area (Å²) in [6.45, 7) is 0. The molecule has 2 aromatic heterocycles. The number of hydrogen-bond donors (Lipinski definition) is 0. The maximum Gasteiger partial charge on any atom is 0.0720 e. The van der Waals surface area contributed by atoms with Gasteiger partial charge in [-0.2, -0.15) is 0 Å². The van der Waals surface area contributed by atoms with E-state index in [1.165, 1.54) is 25.7 Å². The zero-order valence-electron chi connectivity index (χ0n) is 10.5. The molecule has 20 heavy (non-hydrogen) atoms. The molecule has 4 rings (SSSR count). The topological polar surface area (TPSA) is 12.9 Å². The van der Waals surface area contributed by atoms with Gasteiger partial charge >= 0.3 is 0 Å². The summed E-state index contributed by atoms with van der Waals surface area (Å²) < 4.78 is 3.71. The largest absolute Gasteiger partial charge is 0.256 e. The van der Waals surface area contributed by atoms with Crippen LogP contribution in [0.1, 0.15) is 0 Å². The van der Waals surface area contributed by atoms with Crippen LogP contribution in [0.4, 0.5) is 0 Å². The van der Waals surface area contributed by atoms with Crippen LogP contribution in [0.15, 0.2) is 65.3 Å². The first kappa shape index (κ1) is 12.1. The van der Waals surface area contributed by atoms with Crippen molar-refractivity contribution in [2.45, 2.75) is 0 Å². The summed E-state index contributed by atoms with van der Waals surface area (Å²) in [7, 11) is 0. The first-order valence-corrected chi connectivity index (χ1v) is 7.97. The Balaban J connectivity index is 2.21. The Morgan fingerprint density at radius 3 is 2.55 bits per heavy atom. The normalized spacial score (nSPS) is 11.2. The van der Waals surface area contributed by atoms with Gasteiger partial charge in [0.25, 0.3) is 0 Å². The van der Waals surface area contributed by atoms with Crippen molar-refractivity contribution in [3.8, 4) is 11.3 Å². The fraction of sp³-hybridized carbons (Fsp3) is 0. The molecule has 0 atom stereocenters. The van der Waals surface area contributed by atoms with Gasteiger partial charge in [0.15, 0.2) is 0 Å². The van der Waals surface area contributed by atoms with E-state index < -0.39 is 0 Å². The second kappa shape index (κ2) is 4.69. The van der Waals surface area contributed by atoms with E-state index in [4.69, 9.17) is 0 Å². The van der Waals surface area contributed by atoms with E-state index >= 15 is 0 Å². The fourth-order valence-corrected chi connectivity index (χ4v) is 4.20. The lowest BCUT2D eigenvalue weighted by molar-refractivity contribution is 1.33.